The third kappa shape index (κ3) is 12.8. The predicted molar refractivity (Wildman–Crippen MR) is 219 cm³/mol. The van der Waals surface area contributed by atoms with E-state index in [1.165, 1.54) is 0 Å². The first kappa shape index (κ1) is 42.2. The van der Waals surface area contributed by atoms with Gasteiger partial charge in [0, 0.05) is 0 Å². The Balaban J connectivity index is 1.94. The lowest BCUT2D eigenvalue weighted by atomic mass is 9.92. The molecule has 0 unspecified atom stereocenters. The fraction of sp³-hybridized carbons (Fsp3) is 0.442. The van der Waals surface area contributed by atoms with E-state index in [1.807, 2.05) is 42.5 Å². The summed E-state index contributed by atoms with van der Waals surface area (Å²) in [5, 5.41) is 0. The van der Waals surface area contributed by atoms with E-state index in [4.69, 9.17) is 57.1 Å². The molecule has 0 saturated carbocycles. The van der Waals surface area contributed by atoms with Gasteiger partial charge in [-0.15, -0.1) is 0 Å². The molecule has 11 nitrogen and oxygen atoms in total. The number of rotatable bonds is 27. The first-order chi connectivity index (χ1) is 26.6. The summed E-state index contributed by atoms with van der Waals surface area (Å²) in [7, 11) is 0. The number of hydrogen-bond donors (Lipinski definition) is 5. The molecule has 294 valence electrons. The van der Waals surface area contributed by atoms with E-state index in [-0.39, 0.29) is 0 Å². The van der Waals surface area contributed by atoms with Crippen LogP contribution < -0.4 is 57.1 Å². The predicted octanol–water partition coefficient (Wildman–Crippen LogP) is 6.50. The second-order valence-corrected chi connectivity index (χ2v) is 12.9. The molecule has 0 saturated heterocycles. The van der Waals surface area contributed by atoms with Gasteiger partial charge in [-0.3, -0.25) is 0 Å². The number of nitrogens with two attached hydrogens (primary N) is 5. The maximum absolute atomic E-state index is 6.39. The number of ether oxygens (including phenoxy) is 6. The number of hydrogen-bond acceptors (Lipinski definition) is 11. The molecular weight excluding hydrogens is 683 g/mol. The molecule has 4 aromatic rings. The van der Waals surface area contributed by atoms with E-state index in [1.54, 1.807) is 0 Å². The SMILES string of the molecule is CCCCOc1cc(-c2cc(-c3ccccc3)cc(-c3cc(OCCCN)c(OCCCN)c(OCCCN)c3)c2)cc(OCCCN)c1OCCCN. The highest BCUT2D eigenvalue weighted by atomic mass is 16.5. The van der Waals surface area contributed by atoms with Crippen LogP contribution >= 0.6 is 0 Å². The summed E-state index contributed by atoms with van der Waals surface area (Å²) < 4.78 is 37.9. The minimum absolute atomic E-state index is 0.425. The number of unbranched alkanes of at least 4 members (excludes halogenated alkanes) is 1. The highest BCUT2D eigenvalue weighted by Crippen LogP contribution is 2.46. The van der Waals surface area contributed by atoms with Crippen molar-refractivity contribution in [2.24, 2.45) is 28.7 Å². The highest BCUT2D eigenvalue weighted by Gasteiger charge is 2.21. The molecule has 0 spiro atoms. The van der Waals surface area contributed by atoms with E-state index in [2.05, 4.69) is 37.3 Å². The zero-order valence-electron chi connectivity index (χ0n) is 32.0. The normalized spacial score (nSPS) is 11.0. The topological polar surface area (TPSA) is 185 Å². The smallest absolute Gasteiger partial charge is 0.203 e. The molecule has 4 aromatic carbocycles. The van der Waals surface area contributed by atoms with Crippen LogP contribution in [-0.2, 0) is 0 Å². The molecule has 0 atom stereocenters. The van der Waals surface area contributed by atoms with Gasteiger partial charge < -0.3 is 57.1 Å². The zero-order valence-corrected chi connectivity index (χ0v) is 32.0. The first-order valence-corrected chi connectivity index (χ1v) is 19.4. The largest absolute Gasteiger partial charge is 0.490 e. The van der Waals surface area contributed by atoms with Crippen LogP contribution in [0.1, 0.15) is 51.9 Å². The lowest BCUT2D eigenvalue weighted by Gasteiger charge is -2.20. The molecule has 0 fully saturated rings. The van der Waals surface area contributed by atoms with Gasteiger partial charge in [0.2, 0.25) is 11.5 Å². The zero-order chi connectivity index (χ0) is 38.4. The van der Waals surface area contributed by atoms with Crippen LogP contribution in [0.4, 0.5) is 0 Å². The Labute approximate surface area is 321 Å². The Bertz CT molecular complexity index is 1510. The van der Waals surface area contributed by atoms with Crippen molar-refractivity contribution in [2.75, 3.05) is 72.4 Å². The third-order valence-electron chi connectivity index (χ3n) is 8.51. The van der Waals surface area contributed by atoms with E-state index in [0.29, 0.717) is 139 Å². The molecule has 0 aromatic heterocycles. The van der Waals surface area contributed by atoms with E-state index in [9.17, 15) is 0 Å². The molecule has 0 radical (unpaired) electrons. The van der Waals surface area contributed by atoms with Crippen LogP contribution in [0, 0.1) is 0 Å². The Hall–Kier alpha value is -4.52. The highest BCUT2D eigenvalue weighted by molar-refractivity contribution is 5.84. The summed E-state index contributed by atoms with van der Waals surface area (Å²) in [6, 6.07) is 24.9. The van der Waals surface area contributed by atoms with Crippen molar-refractivity contribution in [3.05, 3.63) is 72.8 Å². The summed E-state index contributed by atoms with van der Waals surface area (Å²) in [5.41, 5.74) is 34.9. The van der Waals surface area contributed by atoms with Crippen LogP contribution in [-0.4, -0.2) is 72.4 Å². The Kier molecular flexibility index (Phi) is 18.8. The van der Waals surface area contributed by atoms with Crippen molar-refractivity contribution >= 4 is 0 Å². The molecular formula is C43H61N5O6. The van der Waals surface area contributed by atoms with Crippen molar-refractivity contribution in [1.29, 1.82) is 0 Å². The van der Waals surface area contributed by atoms with Crippen molar-refractivity contribution in [3.63, 3.8) is 0 Å². The molecule has 0 aliphatic rings. The van der Waals surface area contributed by atoms with Gasteiger partial charge in [-0.2, -0.15) is 0 Å². The Morgan fingerprint density at radius 3 is 0.981 bits per heavy atom. The van der Waals surface area contributed by atoms with Crippen LogP contribution in [0.2, 0.25) is 0 Å². The van der Waals surface area contributed by atoms with E-state index < -0.39 is 0 Å². The van der Waals surface area contributed by atoms with Crippen molar-refractivity contribution in [3.8, 4) is 67.9 Å². The van der Waals surface area contributed by atoms with Crippen LogP contribution in [0.25, 0.3) is 33.4 Å². The minimum atomic E-state index is 0.425. The second kappa shape index (κ2) is 24.0. The summed E-state index contributed by atoms with van der Waals surface area (Å²) in [5.74, 6) is 3.49. The van der Waals surface area contributed by atoms with Gasteiger partial charge in [0.25, 0.3) is 0 Å². The average molecular weight is 744 g/mol. The van der Waals surface area contributed by atoms with Gasteiger partial charge >= 0.3 is 0 Å². The van der Waals surface area contributed by atoms with Crippen molar-refractivity contribution in [2.45, 2.75) is 51.9 Å². The van der Waals surface area contributed by atoms with Gasteiger partial charge in [-0.25, -0.2) is 0 Å². The molecule has 4 rings (SSSR count). The number of benzene rings is 4. The molecule has 10 N–H and O–H groups in total. The fourth-order valence-electron chi connectivity index (χ4n) is 5.60. The molecule has 11 heteroatoms. The molecule has 0 aliphatic carbocycles. The summed E-state index contributed by atoms with van der Waals surface area (Å²) in [6.07, 6.45) is 5.37. The van der Waals surface area contributed by atoms with Gasteiger partial charge in [0.05, 0.1) is 39.6 Å². The molecule has 54 heavy (non-hydrogen) atoms. The van der Waals surface area contributed by atoms with Crippen LogP contribution in [0.5, 0.6) is 34.5 Å². The summed E-state index contributed by atoms with van der Waals surface area (Å²) >= 11 is 0. The van der Waals surface area contributed by atoms with Crippen molar-refractivity contribution in [1.82, 2.24) is 0 Å². The van der Waals surface area contributed by atoms with Gasteiger partial charge in [0.1, 0.15) is 0 Å². The standard InChI is InChI=1S/C43H61N5O6/c1-2-3-19-49-38-28-36(29-39(50-20-7-14-44)42(38)53-23-10-17-47)34-25-33(32-12-5-4-6-13-32)26-35(27-34)37-30-40(51-21-8-15-45)43(54-24-11-18-48)41(31-37)52-22-9-16-46/h4-6,12-13,25-31H,2-3,7-11,14-24,44-48H2,1H3. The first-order valence-electron chi connectivity index (χ1n) is 19.4. The summed E-state index contributed by atoms with van der Waals surface area (Å²) in [4.78, 5) is 0. The van der Waals surface area contributed by atoms with E-state index >= 15 is 0 Å². The fourth-order valence-corrected chi connectivity index (χ4v) is 5.60. The summed E-state index contributed by atoms with van der Waals surface area (Å²) in [6.45, 7) is 7.39. The molecule has 0 heterocycles. The van der Waals surface area contributed by atoms with Gasteiger partial charge in [-0.05, 0) is 147 Å². The quantitative estimate of drug-likeness (QED) is 0.0420. The Morgan fingerprint density at radius 2 is 0.648 bits per heavy atom. The lowest BCUT2D eigenvalue weighted by Crippen LogP contribution is -2.11. The minimum Gasteiger partial charge on any atom is -0.490 e. The maximum atomic E-state index is 6.39. The molecule has 0 bridgehead atoms. The molecule has 0 amide bonds. The molecule has 0 aliphatic heterocycles. The van der Waals surface area contributed by atoms with Crippen LogP contribution in [0.15, 0.2) is 72.8 Å². The monoisotopic (exact) mass is 743 g/mol. The van der Waals surface area contributed by atoms with Crippen molar-refractivity contribution < 1.29 is 28.4 Å². The van der Waals surface area contributed by atoms with Gasteiger partial charge in [-0.1, -0.05) is 43.7 Å². The van der Waals surface area contributed by atoms with Gasteiger partial charge in [0.15, 0.2) is 23.0 Å². The maximum Gasteiger partial charge on any atom is 0.203 e. The lowest BCUT2D eigenvalue weighted by molar-refractivity contribution is 0.239. The Morgan fingerprint density at radius 1 is 0.352 bits per heavy atom. The van der Waals surface area contributed by atoms with E-state index in [0.717, 1.165) is 46.2 Å². The second-order valence-electron chi connectivity index (χ2n) is 12.9. The third-order valence-corrected chi connectivity index (χ3v) is 8.51. The average Bonchev–Trinajstić information content (AvgIpc) is 3.20. The van der Waals surface area contributed by atoms with Crippen LogP contribution in [0.3, 0.4) is 0 Å².